The molecule has 3 heterocycles. The summed E-state index contributed by atoms with van der Waals surface area (Å²) in [5.74, 6) is 0.502. The Bertz CT molecular complexity index is 763. The number of halogens is 1. The van der Waals surface area contributed by atoms with Gasteiger partial charge in [0.05, 0.1) is 11.9 Å². The van der Waals surface area contributed by atoms with Crippen LogP contribution in [-0.2, 0) is 6.42 Å². The molecule has 1 aromatic carbocycles. The minimum Gasteiger partial charge on any atom is -0.870 e. The van der Waals surface area contributed by atoms with Crippen molar-refractivity contribution in [1.29, 1.82) is 0 Å². The predicted molar refractivity (Wildman–Crippen MR) is 87.0 cm³/mol. The van der Waals surface area contributed by atoms with Gasteiger partial charge in [-0.3, -0.25) is 0 Å². The van der Waals surface area contributed by atoms with E-state index in [0.717, 1.165) is 23.5 Å². The van der Waals surface area contributed by atoms with Gasteiger partial charge in [0.2, 0.25) is 0 Å². The Labute approximate surface area is 138 Å². The van der Waals surface area contributed by atoms with Gasteiger partial charge in [-0.05, 0) is 30.2 Å². The van der Waals surface area contributed by atoms with Gasteiger partial charge >= 0.3 is 0 Å². The molecule has 1 unspecified atom stereocenters. The number of rotatable bonds is 1. The zero-order valence-electron chi connectivity index (χ0n) is 12.5. The summed E-state index contributed by atoms with van der Waals surface area (Å²) < 4.78 is 0. The van der Waals surface area contributed by atoms with Crippen LogP contribution < -0.4 is 15.6 Å². The number of aliphatic hydroxyl groups is 1. The summed E-state index contributed by atoms with van der Waals surface area (Å²) in [7, 11) is 0. The zero-order chi connectivity index (χ0) is 15.3. The number of benzene rings is 1. The van der Waals surface area contributed by atoms with E-state index in [9.17, 15) is 5.11 Å². The summed E-state index contributed by atoms with van der Waals surface area (Å²) >= 11 is 5.84. The van der Waals surface area contributed by atoms with Gasteiger partial charge in [0.25, 0.3) is 5.88 Å². The molecule has 0 spiro atoms. The van der Waals surface area contributed by atoms with Gasteiger partial charge in [0.1, 0.15) is 16.5 Å². The van der Waals surface area contributed by atoms with Crippen LogP contribution in [0.5, 0.6) is 0 Å². The number of para-hydroxylation sites is 1. The lowest BCUT2D eigenvalue weighted by atomic mass is 9.92. The van der Waals surface area contributed by atoms with E-state index in [2.05, 4.69) is 35.1 Å². The normalized spacial score (nSPS) is 19.3. The van der Waals surface area contributed by atoms with E-state index in [1.165, 1.54) is 5.56 Å². The van der Waals surface area contributed by atoms with Crippen LogP contribution >= 0.6 is 11.6 Å². The van der Waals surface area contributed by atoms with Crippen molar-refractivity contribution in [2.45, 2.75) is 13.3 Å². The number of nitrogens with zero attached hydrogens (tertiary/aromatic N) is 3. The highest BCUT2D eigenvalue weighted by molar-refractivity contribution is 6.29. The number of hydrogen-bond donors (Lipinski definition) is 2. The second-order valence-electron chi connectivity index (χ2n) is 5.64. The number of pyridine rings is 1. The first-order valence-electron chi connectivity index (χ1n) is 7.21. The van der Waals surface area contributed by atoms with E-state index in [1.54, 1.807) is 17.3 Å². The Morgan fingerprint density at radius 3 is 2.74 bits per heavy atom. The van der Waals surface area contributed by atoms with Gasteiger partial charge in [-0.2, -0.15) is 5.01 Å². The molecule has 4 rings (SSSR count). The zero-order valence-corrected chi connectivity index (χ0v) is 13.3. The third kappa shape index (κ3) is 2.41. The third-order valence-corrected chi connectivity index (χ3v) is 4.41. The number of quaternary nitrogens is 1. The number of fused-ring (bicyclic) bond motifs is 3. The molecular weight excluding hydrogens is 316 g/mol. The first-order valence-corrected chi connectivity index (χ1v) is 7.59. The van der Waals surface area contributed by atoms with E-state index in [1.807, 2.05) is 17.7 Å². The smallest absolute Gasteiger partial charge is 0.267 e. The quantitative estimate of drug-likeness (QED) is 0.617. The molecule has 4 N–H and O–H groups in total. The molecule has 0 fully saturated rings. The maximum atomic E-state index is 10.7. The Balaban J connectivity index is 0.00000156. The van der Waals surface area contributed by atoms with Crippen molar-refractivity contribution < 1.29 is 16.1 Å². The van der Waals surface area contributed by atoms with Gasteiger partial charge in [0, 0.05) is 5.92 Å². The first kappa shape index (κ1) is 15.6. The minimum atomic E-state index is 0. The highest BCUT2D eigenvalue weighted by atomic mass is 35.5. The Morgan fingerprint density at radius 2 is 2.00 bits per heavy atom. The van der Waals surface area contributed by atoms with Crippen LogP contribution in [0.15, 0.2) is 54.2 Å². The summed E-state index contributed by atoms with van der Waals surface area (Å²) in [6.45, 7) is 2.13. The molecule has 23 heavy (non-hydrogen) atoms. The SMILES string of the molecule is CC1Cc2ccccc2N2[NH2+]N(c3ccc(Cl)nc3)C(O)=C12.[OH-]. The van der Waals surface area contributed by atoms with E-state index in [0.29, 0.717) is 5.15 Å². The van der Waals surface area contributed by atoms with Gasteiger partial charge in [-0.1, -0.05) is 36.7 Å². The van der Waals surface area contributed by atoms with Crippen LogP contribution in [0.3, 0.4) is 0 Å². The van der Waals surface area contributed by atoms with Crippen molar-refractivity contribution in [1.82, 2.24) is 4.98 Å². The third-order valence-electron chi connectivity index (χ3n) is 4.18. The molecule has 0 bridgehead atoms. The van der Waals surface area contributed by atoms with Crippen molar-refractivity contribution in [3.05, 3.63) is 64.9 Å². The minimum absolute atomic E-state index is 0. The standard InChI is InChI=1S/C16H15ClN4O.H2O/c1-10-8-11-4-2-3-5-13(11)21-15(10)16(22)20(19-21)12-6-7-14(17)18-9-12;/h2-7,9-10,19,22H,8H2,1H3;1H2. The molecule has 120 valence electrons. The van der Waals surface area contributed by atoms with Crippen molar-refractivity contribution in [2.24, 2.45) is 5.92 Å². The van der Waals surface area contributed by atoms with Crippen molar-refractivity contribution in [3.8, 4) is 0 Å². The van der Waals surface area contributed by atoms with Crippen LogP contribution in [0.25, 0.3) is 0 Å². The molecule has 2 aliphatic heterocycles. The van der Waals surface area contributed by atoms with Gasteiger partial charge in [-0.25, -0.2) is 4.98 Å². The molecule has 0 aliphatic carbocycles. The largest absolute Gasteiger partial charge is 0.870 e. The van der Waals surface area contributed by atoms with Crippen molar-refractivity contribution >= 4 is 23.0 Å². The highest BCUT2D eigenvalue weighted by Crippen LogP contribution is 2.37. The summed E-state index contributed by atoms with van der Waals surface area (Å²) in [4.78, 5) is 4.09. The lowest BCUT2D eigenvalue weighted by molar-refractivity contribution is -0.662. The van der Waals surface area contributed by atoms with Gasteiger partial charge < -0.3 is 10.6 Å². The molecule has 0 amide bonds. The Hall–Kier alpha value is -2.28. The highest BCUT2D eigenvalue weighted by Gasteiger charge is 2.42. The number of aliphatic hydroxyl groups excluding tert-OH is 1. The molecular formula is C16H17ClN4O2. The topological polar surface area (TPSA) is 86.2 Å². The maximum Gasteiger partial charge on any atom is 0.267 e. The maximum absolute atomic E-state index is 10.7. The molecule has 1 aromatic heterocycles. The van der Waals surface area contributed by atoms with Crippen molar-refractivity contribution in [2.75, 3.05) is 10.0 Å². The molecule has 0 saturated carbocycles. The number of hydrogen-bond acceptors (Lipinski definition) is 5. The van der Waals surface area contributed by atoms with Crippen LogP contribution in [0.4, 0.5) is 11.4 Å². The lowest BCUT2D eigenvalue weighted by Crippen LogP contribution is -2.99. The van der Waals surface area contributed by atoms with E-state index in [-0.39, 0.29) is 17.3 Å². The molecule has 0 radical (unpaired) electrons. The summed E-state index contributed by atoms with van der Waals surface area (Å²) in [5, 5.41) is 14.9. The van der Waals surface area contributed by atoms with Crippen molar-refractivity contribution in [3.63, 3.8) is 0 Å². The number of aromatic nitrogens is 1. The number of nitrogens with two attached hydrogens (primary N) is 1. The first-order chi connectivity index (χ1) is 10.6. The Morgan fingerprint density at radius 1 is 1.22 bits per heavy atom. The lowest BCUT2D eigenvalue weighted by Gasteiger charge is -2.29. The summed E-state index contributed by atoms with van der Waals surface area (Å²) in [5.41, 5.74) is 6.02. The average Bonchev–Trinajstić information content (AvgIpc) is 2.87. The molecule has 1 atom stereocenters. The van der Waals surface area contributed by atoms with Crippen LogP contribution in [0, 0.1) is 5.92 Å². The van der Waals surface area contributed by atoms with Gasteiger partial charge in [0.15, 0.2) is 0 Å². The monoisotopic (exact) mass is 332 g/mol. The fourth-order valence-electron chi connectivity index (χ4n) is 3.16. The van der Waals surface area contributed by atoms with Crippen LogP contribution in [0.2, 0.25) is 5.15 Å². The average molecular weight is 333 g/mol. The number of anilines is 2. The van der Waals surface area contributed by atoms with Crippen LogP contribution in [-0.4, -0.2) is 15.6 Å². The van der Waals surface area contributed by atoms with Crippen LogP contribution in [0.1, 0.15) is 12.5 Å². The summed E-state index contributed by atoms with van der Waals surface area (Å²) in [6.07, 6.45) is 2.58. The fourth-order valence-corrected chi connectivity index (χ4v) is 3.27. The molecule has 6 nitrogen and oxygen atoms in total. The summed E-state index contributed by atoms with van der Waals surface area (Å²) in [6, 6.07) is 11.9. The van der Waals surface area contributed by atoms with E-state index < -0.39 is 0 Å². The predicted octanol–water partition coefficient (Wildman–Crippen LogP) is 2.20. The molecule has 2 aromatic rings. The molecule has 2 aliphatic rings. The molecule has 7 heteroatoms. The Kier molecular flexibility index (Phi) is 3.89. The van der Waals surface area contributed by atoms with E-state index >= 15 is 0 Å². The second-order valence-corrected chi connectivity index (χ2v) is 6.02. The van der Waals surface area contributed by atoms with Gasteiger partial charge in [-0.15, -0.1) is 10.5 Å². The van der Waals surface area contributed by atoms with E-state index in [4.69, 9.17) is 11.6 Å². The fraction of sp³-hybridized carbons (Fsp3) is 0.188. The molecule has 0 saturated heterocycles. The number of allylic oxidation sites excluding steroid dienone is 1. The second kappa shape index (κ2) is 5.73.